The summed E-state index contributed by atoms with van der Waals surface area (Å²) >= 11 is 0. The van der Waals surface area contributed by atoms with Gasteiger partial charge in [0, 0.05) is 50.5 Å². The number of aryl methyl sites for hydroxylation is 1. The summed E-state index contributed by atoms with van der Waals surface area (Å²) in [5.41, 5.74) is 1.71. The third-order valence-electron chi connectivity index (χ3n) is 5.19. The highest BCUT2D eigenvalue weighted by atomic mass is 16.2. The summed E-state index contributed by atoms with van der Waals surface area (Å²) in [6.07, 6.45) is 3.64. The van der Waals surface area contributed by atoms with E-state index in [9.17, 15) is 9.59 Å². The van der Waals surface area contributed by atoms with Crippen LogP contribution in [-0.2, 0) is 17.9 Å². The van der Waals surface area contributed by atoms with E-state index >= 15 is 0 Å². The molecule has 1 aromatic carbocycles. The van der Waals surface area contributed by atoms with Gasteiger partial charge in [0.1, 0.15) is 6.54 Å². The Hall–Kier alpha value is -3.06. The summed E-state index contributed by atoms with van der Waals surface area (Å²) in [7, 11) is 0. The lowest BCUT2D eigenvalue weighted by molar-refractivity contribution is -0.133. The third-order valence-corrected chi connectivity index (χ3v) is 5.19. The molecule has 144 valence electrons. The molecule has 0 N–H and O–H groups in total. The number of amides is 1. The maximum absolute atomic E-state index is 12.7. The van der Waals surface area contributed by atoms with E-state index in [0.29, 0.717) is 18.5 Å². The van der Waals surface area contributed by atoms with Gasteiger partial charge in [0.15, 0.2) is 0 Å². The van der Waals surface area contributed by atoms with Crippen LogP contribution in [0, 0.1) is 6.92 Å². The molecular weight excluding hydrogens is 354 g/mol. The maximum atomic E-state index is 12.7. The molecule has 0 unspecified atom stereocenters. The monoisotopic (exact) mass is 377 g/mol. The first-order valence-corrected chi connectivity index (χ1v) is 9.47. The predicted octanol–water partition coefficient (Wildman–Crippen LogP) is 1.44. The summed E-state index contributed by atoms with van der Waals surface area (Å²) < 4.78 is 1.29. The van der Waals surface area contributed by atoms with Gasteiger partial charge in [-0.25, -0.2) is 4.68 Å². The summed E-state index contributed by atoms with van der Waals surface area (Å²) in [6, 6.07) is 11.4. The van der Waals surface area contributed by atoms with Gasteiger partial charge in [0.25, 0.3) is 5.56 Å². The maximum Gasteiger partial charge on any atom is 0.275 e. The highest BCUT2D eigenvalue weighted by molar-refractivity contribution is 5.83. The molecule has 3 aromatic rings. The Bertz CT molecular complexity index is 1040. The first-order valence-electron chi connectivity index (χ1n) is 9.47. The molecule has 7 heteroatoms. The summed E-state index contributed by atoms with van der Waals surface area (Å²) in [5.74, 6) is -0.0645. The molecule has 2 aromatic heterocycles. The number of piperazine rings is 1. The van der Waals surface area contributed by atoms with E-state index in [2.05, 4.69) is 21.0 Å². The number of benzene rings is 1. The SMILES string of the molecule is Cc1nn(CC(=O)N2CCN(Cc3cccnc3)CC2)c(=O)c2ccccc12. The Morgan fingerprint density at radius 2 is 1.79 bits per heavy atom. The molecule has 0 radical (unpaired) electrons. The number of aromatic nitrogens is 3. The molecule has 1 aliphatic heterocycles. The minimum Gasteiger partial charge on any atom is -0.339 e. The van der Waals surface area contributed by atoms with Crippen molar-refractivity contribution in [3.05, 3.63) is 70.4 Å². The highest BCUT2D eigenvalue weighted by Gasteiger charge is 2.22. The van der Waals surface area contributed by atoms with E-state index in [1.165, 1.54) is 10.2 Å². The molecule has 28 heavy (non-hydrogen) atoms. The average molecular weight is 377 g/mol. The number of nitrogens with zero attached hydrogens (tertiary/aromatic N) is 5. The Morgan fingerprint density at radius 3 is 2.50 bits per heavy atom. The first-order chi connectivity index (χ1) is 13.6. The van der Waals surface area contributed by atoms with Gasteiger partial charge in [-0.15, -0.1) is 0 Å². The summed E-state index contributed by atoms with van der Waals surface area (Å²) in [5, 5.41) is 5.78. The first kappa shape index (κ1) is 18.3. The number of pyridine rings is 1. The molecule has 0 atom stereocenters. The van der Waals surface area contributed by atoms with Crippen LogP contribution in [0.25, 0.3) is 10.8 Å². The Morgan fingerprint density at radius 1 is 1.04 bits per heavy atom. The molecule has 0 saturated carbocycles. The van der Waals surface area contributed by atoms with Gasteiger partial charge in [-0.1, -0.05) is 24.3 Å². The van der Waals surface area contributed by atoms with Crippen LogP contribution in [0.5, 0.6) is 0 Å². The van der Waals surface area contributed by atoms with Gasteiger partial charge in [-0.3, -0.25) is 19.5 Å². The molecule has 3 heterocycles. The van der Waals surface area contributed by atoms with Gasteiger partial charge in [0.2, 0.25) is 5.91 Å². The number of carbonyl (C=O) groups excluding carboxylic acids is 1. The molecule has 1 amide bonds. The van der Waals surface area contributed by atoms with Crippen LogP contribution in [0.15, 0.2) is 53.6 Å². The van der Waals surface area contributed by atoms with E-state index in [4.69, 9.17) is 0 Å². The molecule has 1 saturated heterocycles. The highest BCUT2D eigenvalue weighted by Crippen LogP contribution is 2.12. The lowest BCUT2D eigenvalue weighted by Gasteiger charge is -2.34. The Balaban J connectivity index is 1.41. The number of hydrogen-bond donors (Lipinski definition) is 0. The fourth-order valence-electron chi connectivity index (χ4n) is 3.65. The summed E-state index contributed by atoms with van der Waals surface area (Å²) in [4.78, 5) is 33.7. The normalized spacial score (nSPS) is 15.1. The van der Waals surface area contributed by atoms with Crippen LogP contribution in [0.2, 0.25) is 0 Å². The second-order valence-corrected chi connectivity index (χ2v) is 7.11. The lowest BCUT2D eigenvalue weighted by Crippen LogP contribution is -2.49. The van der Waals surface area contributed by atoms with Crippen molar-refractivity contribution in [3.63, 3.8) is 0 Å². The van der Waals surface area contributed by atoms with E-state index in [-0.39, 0.29) is 18.0 Å². The molecule has 0 aliphatic carbocycles. The quantitative estimate of drug-likeness (QED) is 0.688. The van der Waals surface area contributed by atoms with Crippen molar-refractivity contribution < 1.29 is 4.79 Å². The van der Waals surface area contributed by atoms with E-state index in [1.54, 1.807) is 12.3 Å². The van der Waals surface area contributed by atoms with E-state index < -0.39 is 0 Å². The third kappa shape index (κ3) is 3.80. The number of hydrogen-bond acceptors (Lipinski definition) is 5. The molecule has 1 aliphatic rings. The zero-order chi connectivity index (χ0) is 19.5. The molecule has 0 spiro atoms. The fraction of sp³-hybridized carbons (Fsp3) is 0.333. The van der Waals surface area contributed by atoms with Crippen molar-refractivity contribution in [2.75, 3.05) is 26.2 Å². The Kier molecular flexibility index (Phi) is 5.16. The van der Waals surface area contributed by atoms with Crippen molar-refractivity contribution in [3.8, 4) is 0 Å². The van der Waals surface area contributed by atoms with Crippen LogP contribution in [0.3, 0.4) is 0 Å². The smallest absolute Gasteiger partial charge is 0.275 e. The number of rotatable bonds is 4. The van der Waals surface area contributed by atoms with Crippen molar-refractivity contribution >= 4 is 16.7 Å². The van der Waals surface area contributed by atoms with E-state index in [0.717, 1.165) is 30.7 Å². The second-order valence-electron chi connectivity index (χ2n) is 7.11. The molecule has 4 rings (SSSR count). The number of fused-ring (bicyclic) bond motifs is 1. The zero-order valence-electron chi connectivity index (χ0n) is 15.9. The largest absolute Gasteiger partial charge is 0.339 e. The average Bonchev–Trinajstić information content (AvgIpc) is 2.73. The topological polar surface area (TPSA) is 71.3 Å². The molecule has 1 fully saturated rings. The van der Waals surface area contributed by atoms with Crippen molar-refractivity contribution in [1.82, 2.24) is 24.6 Å². The van der Waals surface area contributed by atoms with Crippen LogP contribution in [-0.4, -0.2) is 56.7 Å². The van der Waals surface area contributed by atoms with Gasteiger partial charge < -0.3 is 4.90 Å². The Labute approximate surface area is 163 Å². The minimum atomic E-state index is -0.218. The molecular formula is C21H23N5O2. The number of carbonyl (C=O) groups is 1. The van der Waals surface area contributed by atoms with Crippen LogP contribution in [0.4, 0.5) is 0 Å². The zero-order valence-corrected chi connectivity index (χ0v) is 15.9. The van der Waals surface area contributed by atoms with Crippen LogP contribution in [0.1, 0.15) is 11.3 Å². The van der Waals surface area contributed by atoms with Gasteiger partial charge in [-0.05, 0) is 24.6 Å². The van der Waals surface area contributed by atoms with Crippen molar-refractivity contribution in [2.24, 2.45) is 0 Å². The molecule has 0 bridgehead atoms. The van der Waals surface area contributed by atoms with Crippen LogP contribution < -0.4 is 5.56 Å². The van der Waals surface area contributed by atoms with Gasteiger partial charge in [-0.2, -0.15) is 5.10 Å². The summed E-state index contributed by atoms with van der Waals surface area (Å²) in [6.45, 7) is 5.59. The van der Waals surface area contributed by atoms with Gasteiger partial charge in [0.05, 0.1) is 11.1 Å². The van der Waals surface area contributed by atoms with Crippen molar-refractivity contribution in [1.29, 1.82) is 0 Å². The van der Waals surface area contributed by atoms with Crippen LogP contribution >= 0.6 is 0 Å². The van der Waals surface area contributed by atoms with E-state index in [1.807, 2.05) is 42.3 Å². The molecule has 7 nitrogen and oxygen atoms in total. The second kappa shape index (κ2) is 7.90. The predicted molar refractivity (Wildman–Crippen MR) is 107 cm³/mol. The standard InChI is InChI=1S/C21H23N5O2/c1-16-18-6-2-3-7-19(18)21(28)26(23-16)15-20(27)25-11-9-24(10-12-25)14-17-5-4-8-22-13-17/h2-8,13H,9-12,14-15H2,1H3. The van der Waals surface area contributed by atoms with Gasteiger partial charge >= 0.3 is 0 Å². The fourth-order valence-corrected chi connectivity index (χ4v) is 3.65. The minimum absolute atomic E-state index is 0.0207. The van der Waals surface area contributed by atoms with Crippen molar-refractivity contribution in [2.45, 2.75) is 20.0 Å². The lowest BCUT2D eigenvalue weighted by atomic mass is 10.1.